The number of likely N-dealkylation sites (tertiary alicyclic amines) is 1. The lowest BCUT2D eigenvalue weighted by Crippen LogP contribution is -2.42. The number of carbonyl (C=O) groups is 3. The first-order valence-corrected chi connectivity index (χ1v) is 24.2. The summed E-state index contributed by atoms with van der Waals surface area (Å²) in [5, 5.41) is 2.94. The van der Waals surface area contributed by atoms with Gasteiger partial charge in [-0.15, -0.1) is 0 Å². The quantitative estimate of drug-likeness (QED) is 0.0381. The Bertz CT molecular complexity index is 1080. The van der Waals surface area contributed by atoms with E-state index < -0.39 is 12.0 Å². The van der Waals surface area contributed by atoms with Gasteiger partial charge in [-0.3, -0.25) is 9.59 Å². The van der Waals surface area contributed by atoms with E-state index in [1.165, 1.54) is 83.5 Å². The first kappa shape index (κ1) is 52.5. The number of rotatable bonds is 39. The smallest absolute Gasteiger partial charge is 0.328 e. The van der Waals surface area contributed by atoms with Crippen molar-refractivity contribution in [2.75, 3.05) is 26.2 Å². The van der Waals surface area contributed by atoms with E-state index in [9.17, 15) is 14.4 Å². The molecule has 0 radical (unpaired) electrons. The molecule has 1 amide bonds. The first-order valence-electron chi connectivity index (χ1n) is 24.2. The van der Waals surface area contributed by atoms with Crippen LogP contribution in [0.1, 0.15) is 214 Å². The van der Waals surface area contributed by atoms with Crippen LogP contribution < -0.4 is 5.32 Å². The van der Waals surface area contributed by atoms with Crippen molar-refractivity contribution in [2.24, 2.45) is 11.8 Å². The van der Waals surface area contributed by atoms with Gasteiger partial charge in [0, 0.05) is 32.4 Å². The molecular formula is C51H90N2O4. The molecule has 1 aliphatic rings. The zero-order valence-electron chi connectivity index (χ0n) is 37.8. The summed E-state index contributed by atoms with van der Waals surface area (Å²) in [6, 6.07) is -0.753. The summed E-state index contributed by atoms with van der Waals surface area (Å²) in [4.78, 5) is 41.4. The molecule has 3 atom stereocenters. The van der Waals surface area contributed by atoms with Crippen LogP contribution in [0.5, 0.6) is 0 Å². The monoisotopic (exact) mass is 795 g/mol. The zero-order chi connectivity index (χ0) is 41.4. The Morgan fingerprint density at radius 2 is 1.02 bits per heavy atom. The van der Waals surface area contributed by atoms with Crippen LogP contribution in [-0.4, -0.2) is 54.8 Å². The first-order chi connectivity index (χ1) is 27.9. The molecule has 6 nitrogen and oxygen atoms in total. The average Bonchev–Trinajstić information content (AvgIpc) is 3.53. The predicted octanol–water partition coefficient (Wildman–Crippen LogP) is 13.7. The maximum atomic E-state index is 13.2. The summed E-state index contributed by atoms with van der Waals surface area (Å²) in [6.45, 7) is 12.9. The fourth-order valence-corrected chi connectivity index (χ4v) is 7.50. The molecule has 6 heteroatoms. The molecule has 0 aromatic carbocycles. The molecule has 1 heterocycles. The van der Waals surface area contributed by atoms with E-state index in [2.05, 4.69) is 86.5 Å². The molecule has 1 saturated heterocycles. The number of unbranched alkanes of at least 4 members (excludes halogenated alkanes) is 18. The van der Waals surface area contributed by atoms with Gasteiger partial charge in [0.15, 0.2) is 0 Å². The van der Waals surface area contributed by atoms with E-state index in [1.54, 1.807) is 0 Å². The highest BCUT2D eigenvalue weighted by molar-refractivity contribution is 5.85. The molecule has 1 unspecified atom stereocenters. The third kappa shape index (κ3) is 33.1. The number of allylic oxidation sites excluding steroid dienone is 8. The van der Waals surface area contributed by atoms with Gasteiger partial charge in [0.1, 0.15) is 11.8 Å². The summed E-state index contributed by atoms with van der Waals surface area (Å²) in [5.74, 6) is 1.15. The number of nitrogens with zero attached hydrogens (tertiary/aromatic N) is 1. The molecule has 0 aliphatic carbocycles. The summed E-state index contributed by atoms with van der Waals surface area (Å²) >= 11 is 0. The van der Waals surface area contributed by atoms with Crippen molar-refractivity contribution in [3.63, 3.8) is 0 Å². The van der Waals surface area contributed by atoms with Crippen molar-refractivity contribution in [1.82, 2.24) is 10.2 Å². The number of hydrogen-bond acceptors (Lipinski definition) is 5. The van der Waals surface area contributed by atoms with Gasteiger partial charge in [0.25, 0.3) is 0 Å². The van der Waals surface area contributed by atoms with E-state index in [1.807, 2.05) is 0 Å². The standard InChI is InChI=1S/C51H90N2O4/c1-5-7-9-11-13-15-17-19-21-23-25-27-29-31-33-37-43-57-51(56)49(41-40-48(54)38-35-36-42-53-44-46(3)47(4)45-53)52-50(55)39-34-32-30-28-26-24-22-20-18-16-14-12-10-8-6-2/h13-16,19-22,46-47,49H,5-12,17-18,23-45H2,1-4H3,(H,52,55)/b15-13-,16-14-,21-19-,22-20-/t46-,47+,49?. The number of nitrogens with one attached hydrogen (secondary N) is 1. The van der Waals surface area contributed by atoms with Crippen LogP contribution in [-0.2, 0) is 19.1 Å². The molecule has 0 spiro atoms. The van der Waals surface area contributed by atoms with Gasteiger partial charge >= 0.3 is 5.97 Å². The molecule has 1 fully saturated rings. The van der Waals surface area contributed by atoms with Crippen LogP contribution in [0, 0.1) is 11.8 Å². The normalized spacial score (nSPS) is 16.8. The number of esters is 1. The molecule has 1 N–H and O–H groups in total. The largest absolute Gasteiger partial charge is 0.464 e. The summed E-state index contributed by atoms with van der Waals surface area (Å²) in [6.07, 6.45) is 48.2. The van der Waals surface area contributed by atoms with Gasteiger partial charge in [-0.1, -0.05) is 147 Å². The number of amides is 1. The molecular weight excluding hydrogens is 705 g/mol. The molecule has 0 aromatic heterocycles. The fraction of sp³-hybridized carbons (Fsp3) is 0.784. The van der Waals surface area contributed by atoms with E-state index in [0.717, 1.165) is 109 Å². The van der Waals surface area contributed by atoms with Crippen molar-refractivity contribution >= 4 is 17.7 Å². The van der Waals surface area contributed by atoms with Gasteiger partial charge in [0.2, 0.25) is 5.91 Å². The second kappa shape index (κ2) is 39.0. The number of Topliss-reactive ketones (excluding diaryl/α,β-unsaturated/α-hetero) is 1. The van der Waals surface area contributed by atoms with Crippen LogP contribution in [0.25, 0.3) is 0 Å². The van der Waals surface area contributed by atoms with Crippen LogP contribution in [0.2, 0.25) is 0 Å². The van der Waals surface area contributed by atoms with Gasteiger partial charge in [-0.25, -0.2) is 4.79 Å². The fourth-order valence-electron chi connectivity index (χ4n) is 7.50. The van der Waals surface area contributed by atoms with Crippen LogP contribution in [0.4, 0.5) is 0 Å². The number of ether oxygens (including phenoxy) is 1. The average molecular weight is 795 g/mol. The second-order valence-corrected chi connectivity index (χ2v) is 17.1. The van der Waals surface area contributed by atoms with Crippen molar-refractivity contribution in [1.29, 1.82) is 0 Å². The Kier molecular flexibility index (Phi) is 36.0. The van der Waals surface area contributed by atoms with Gasteiger partial charge < -0.3 is 15.0 Å². The Labute approximate surface area is 352 Å². The lowest BCUT2D eigenvalue weighted by atomic mass is 10.0. The zero-order valence-corrected chi connectivity index (χ0v) is 37.8. The van der Waals surface area contributed by atoms with E-state index in [4.69, 9.17) is 4.74 Å². The van der Waals surface area contributed by atoms with Crippen LogP contribution in [0.3, 0.4) is 0 Å². The highest BCUT2D eigenvalue weighted by atomic mass is 16.5. The number of carbonyl (C=O) groups excluding carboxylic acids is 3. The second-order valence-electron chi connectivity index (χ2n) is 17.1. The summed E-state index contributed by atoms with van der Waals surface area (Å²) in [5.41, 5.74) is 0. The van der Waals surface area contributed by atoms with E-state index in [-0.39, 0.29) is 11.7 Å². The van der Waals surface area contributed by atoms with Crippen LogP contribution >= 0.6 is 0 Å². The van der Waals surface area contributed by atoms with Crippen LogP contribution in [0.15, 0.2) is 48.6 Å². The SMILES string of the molecule is CCCCC/C=C\C/C=C\CCCCCCCCOC(=O)C(CCC(=O)CCCCN1C[C@@H](C)[C@@H](C)C1)NC(=O)CCCCCCC/C=C\C/C=C\CCCCC. The van der Waals surface area contributed by atoms with E-state index in [0.29, 0.717) is 32.3 Å². The molecule has 1 rings (SSSR count). The third-order valence-electron chi connectivity index (χ3n) is 11.5. The molecule has 1 aliphatic heterocycles. The Hall–Kier alpha value is -2.47. The Morgan fingerprint density at radius 1 is 0.561 bits per heavy atom. The lowest BCUT2D eigenvalue weighted by Gasteiger charge is -2.18. The van der Waals surface area contributed by atoms with Gasteiger partial charge in [-0.05, 0) is 115 Å². The molecule has 0 bridgehead atoms. The molecule has 0 saturated carbocycles. The van der Waals surface area contributed by atoms with Gasteiger partial charge in [0.05, 0.1) is 6.61 Å². The highest BCUT2D eigenvalue weighted by Crippen LogP contribution is 2.22. The lowest BCUT2D eigenvalue weighted by molar-refractivity contribution is -0.148. The molecule has 328 valence electrons. The molecule has 57 heavy (non-hydrogen) atoms. The highest BCUT2D eigenvalue weighted by Gasteiger charge is 2.26. The maximum absolute atomic E-state index is 13.2. The Morgan fingerprint density at radius 3 is 1.54 bits per heavy atom. The van der Waals surface area contributed by atoms with Crippen molar-refractivity contribution in [3.05, 3.63) is 48.6 Å². The molecule has 0 aromatic rings. The van der Waals surface area contributed by atoms with Crippen molar-refractivity contribution in [3.8, 4) is 0 Å². The topological polar surface area (TPSA) is 75.7 Å². The third-order valence-corrected chi connectivity index (χ3v) is 11.5. The number of ketones is 1. The van der Waals surface area contributed by atoms with Crippen molar-refractivity contribution < 1.29 is 19.1 Å². The summed E-state index contributed by atoms with van der Waals surface area (Å²) in [7, 11) is 0. The Balaban J connectivity index is 2.32. The van der Waals surface area contributed by atoms with Gasteiger partial charge in [-0.2, -0.15) is 0 Å². The minimum atomic E-state index is -0.753. The number of hydrogen-bond donors (Lipinski definition) is 1. The van der Waals surface area contributed by atoms with E-state index >= 15 is 0 Å². The van der Waals surface area contributed by atoms with Crippen molar-refractivity contribution in [2.45, 2.75) is 220 Å². The minimum absolute atomic E-state index is 0.113. The predicted molar refractivity (Wildman–Crippen MR) is 244 cm³/mol. The maximum Gasteiger partial charge on any atom is 0.328 e. The summed E-state index contributed by atoms with van der Waals surface area (Å²) < 4.78 is 5.67. The minimum Gasteiger partial charge on any atom is -0.464 e.